The second-order valence-corrected chi connectivity index (χ2v) is 6.19. The number of ether oxygens (including phenoxy) is 1. The lowest BCUT2D eigenvalue weighted by Gasteiger charge is -2.18. The predicted molar refractivity (Wildman–Crippen MR) is 94.6 cm³/mol. The molecule has 0 aliphatic heterocycles. The van der Waals surface area contributed by atoms with Crippen LogP contribution in [0.5, 0.6) is 5.75 Å². The third-order valence-corrected chi connectivity index (χ3v) is 4.43. The van der Waals surface area contributed by atoms with E-state index in [1.54, 1.807) is 4.90 Å². The highest BCUT2D eigenvalue weighted by Gasteiger charge is 2.18. The number of benzene rings is 1. The SMILES string of the molecule is CCN(CCC(=O)O)c1ncc(C(=O)Oc2ccc(C(=N)N)cc2F)s1. The molecular formula is C16H17FN4O4S. The highest BCUT2D eigenvalue weighted by molar-refractivity contribution is 7.17. The molecule has 0 radical (unpaired) electrons. The molecule has 4 N–H and O–H groups in total. The van der Waals surface area contributed by atoms with Gasteiger partial charge in [-0.15, -0.1) is 0 Å². The monoisotopic (exact) mass is 380 g/mol. The van der Waals surface area contributed by atoms with Gasteiger partial charge in [0.05, 0.1) is 12.6 Å². The molecule has 8 nitrogen and oxygen atoms in total. The molecule has 0 atom stereocenters. The van der Waals surface area contributed by atoms with Crippen LogP contribution in [0.1, 0.15) is 28.6 Å². The van der Waals surface area contributed by atoms with Crippen molar-refractivity contribution in [3.8, 4) is 5.75 Å². The van der Waals surface area contributed by atoms with Crippen LogP contribution in [0.3, 0.4) is 0 Å². The molecule has 2 aromatic rings. The Morgan fingerprint density at radius 3 is 2.77 bits per heavy atom. The Labute approximate surface area is 152 Å². The van der Waals surface area contributed by atoms with Gasteiger partial charge in [-0.05, 0) is 25.1 Å². The number of rotatable bonds is 8. The summed E-state index contributed by atoms with van der Waals surface area (Å²) >= 11 is 1.03. The summed E-state index contributed by atoms with van der Waals surface area (Å²) < 4.78 is 19.0. The van der Waals surface area contributed by atoms with Gasteiger partial charge < -0.3 is 20.5 Å². The van der Waals surface area contributed by atoms with E-state index < -0.39 is 17.8 Å². The average Bonchev–Trinajstić information content (AvgIpc) is 3.07. The molecule has 1 heterocycles. The number of esters is 1. The van der Waals surface area contributed by atoms with E-state index >= 15 is 0 Å². The number of nitrogens with one attached hydrogen (secondary N) is 1. The Morgan fingerprint density at radius 1 is 1.46 bits per heavy atom. The molecule has 0 saturated heterocycles. The first-order valence-electron chi connectivity index (χ1n) is 7.60. The molecule has 10 heteroatoms. The molecule has 138 valence electrons. The maximum atomic E-state index is 13.9. The molecule has 0 saturated carbocycles. The second-order valence-electron chi connectivity index (χ2n) is 5.18. The Morgan fingerprint density at radius 2 is 2.19 bits per heavy atom. The van der Waals surface area contributed by atoms with E-state index in [9.17, 15) is 14.0 Å². The van der Waals surface area contributed by atoms with Gasteiger partial charge >= 0.3 is 11.9 Å². The first-order chi connectivity index (χ1) is 12.3. The summed E-state index contributed by atoms with van der Waals surface area (Å²) in [6.07, 6.45) is 1.24. The molecule has 0 aliphatic carbocycles. The summed E-state index contributed by atoms with van der Waals surface area (Å²) in [6, 6.07) is 3.60. The van der Waals surface area contributed by atoms with Crippen LogP contribution in [0.15, 0.2) is 24.4 Å². The van der Waals surface area contributed by atoms with Crippen molar-refractivity contribution in [1.82, 2.24) is 4.98 Å². The van der Waals surface area contributed by atoms with E-state index in [1.165, 1.54) is 18.3 Å². The van der Waals surface area contributed by atoms with Crippen LogP contribution in [0.25, 0.3) is 0 Å². The number of aliphatic carboxylic acids is 1. The van der Waals surface area contributed by atoms with Gasteiger partial charge in [-0.1, -0.05) is 11.3 Å². The summed E-state index contributed by atoms with van der Waals surface area (Å²) in [5, 5.41) is 16.5. The Hall–Kier alpha value is -3.01. The number of halogens is 1. The van der Waals surface area contributed by atoms with Crippen LogP contribution in [0.4, 0.5) is 9.52 Å². The van der Waals surface area contributed by atoms with Gasteiger partial charge in [0.2, 0.25) is 0 Å². The first-order valence-corrected chi connectivity index (χ1v) is 8.42. The maximum Gasteiger partial charge on any atom is 0.355 e. The molecular weight excluding hydrogens is 363 g/mol. The summed E-state index contributed by atoms with van der Waals surface area (Å²) in [6.45, 7) is 2.62. The number of aromatic nitrogens is 1. The van der Waals surface area contributed by atoms with E-state index in [2.05, 4.69) is 4.98 Å². The third kappa shape index (κ3) is 4.76. The summed E-state index contributed by atoms with van der Waals surface area (Å²) in [5.41, 5.74) is 5.45. The van der Waals surface area contributed by atoms with Crippen molar-refractivity contribution in [1.29, 1.82) is 5.41 Å². The lowest BCUT2D eigenvalue weighted by Crippen LogP contribution is -2.25. The van der Waals surface area contributed by atoms with Gasteiger partial charge in [0, 0.05) is 18.7 Å². The van der Waals surface area contributed by atoms with E-state index in [0.29, 0.717) is 11.7 Å². The fraction of sp³-hybridized carbons (Fsp3) is 0.250. The third-order valence-electron chi connectivity index (χ3n) is 3.39. The second kappa shape index (κ2) is 8.39. The first kappa shape index (κ1) is 19.3. The highest BCUT2D eigenvalue weighted by Crippen LogP contribution is 2.25. The van der Waals surface area contributed by atoms with Crippen LogP contribution in [-0.4, -0.2) is 41.0 Å². The van der Waals surface area contributed by atoms with Gasteiger partial charge in [-0.2, -0.15) is 0 Å². The number of hydrogen-bond acceptors (Lipinski definition) is 7. The zero-order valence-corrected chi connectivity index (χ0v) is 14.7. The number of carbonyl (C=O) groups excluding carboxylic acids is 1. The number of nitrogens with zero attached hydrogens (tertiary/aromatic N) is 2. The van der Waals surface area contributed by atoms with Crippen LogP contribution < -0.4 is 15.4 Å². The number of carboxylic acid groups (broad SMARTS) is 1. The zero-order valence-electron chi connectivity index (χ0n) is 13.9. The molecule has 26 heavy (non-hydrogen) atoms. The van der Waals surface area contributed by atoms with Crippen LogP contribution in [0, 0.1) is 11.2 Å². The van der Waals surface area contributed by atoms with Gasteiger partial charge in [0.15, 0.2) is 16.7 Å². The van der Waals surface area contributed by atoms with Crippen LogP contribution in [-0.2, 0) is 4.79 Å². The number of carboxylic acids is 1. The van der Waals surface area contributed by atoms with E-state index in [4.69, 9.17) is 21.0 Å². The minimum Gasteiger partial charge on any atom is -0.481 e. The standard InChI is InChI=1S/C16H17FN4O4S/c1-2-21(6-5-13(22)23)16-20-8-12(26-16)15(24)25-11-4-3-9(14(18)19)7-10(11)17/h3-4,7-8H,2,5-6H2,1H3,(H3,18,19)(H,22,23). The lowest BCUT2D eigenvalue weighted by molar-refractivity contribution is -0.136. The minimum absolute atomic E-state index is 0.0547. The molecule has 0 fully saturated rings. The zero-order chi connectivity index (χ0) is 19.3. The summed E-state index contributed by atoms with van der Waals surface area (Å²) in [7, 11) is 0. The van der Waals surface area contributed by atoms with Crippen molar-refractivity contribution < 1.29 is 23.8 Å². The normalized spacial score (nSPS) is 10.4. The largest absolute Gasteiger partial charge is 0.481 e. The number of thiazole rings is 1. The van der Waals surface area contributed by atoms with Crippen molar-refractivity contribution in [2.75, 3.05) is 18.0 Å². The molecule has 0 bridgehead atoms. The van der Waals surface area contributed by atoms with E-state index in [1.807, 2.05) is 6.92 Å². The number of nitrogens with two attached hydrogens (primary N) is 1. The smallest absolute Gasteiger partial charge is 0.355 e. The molecule has 0 unspecified atom stereocenters. The number of hydrogen-bond donors (Lipinski definition) is 3. The number of nitrogen functional groups attached to an aromatic ring is 1. The quantitative estimate of drug-likeness (QED) is 0.277. The number of anilines is 1. The Balaban J connectivity index is 2.10. The summed E-state index contributed by atoms with van der Waals surface area (Å²) in [5.74, 6) is -3.10. The molecule has 1 aromatic heterocycles. The van der Waals surface area contributed by atoms with Gasteiger partial charge in [0.1, 0.15) is 10.7 Å². The number of carbonyl (C=O) groups is 2. The Kier molecular flexibility index (Phi) is 6.23. The van der Waals surface area contributed by atoms with Gasteiger partial charge in [-0.3, -0.25) is 10.2 Å². The maximum absolute atomic E-state index is 13.9. The van der Waals surface area contributed by atoms with Crippen molar-refractivity contribution >= 4 is 34.2 Å². The van der Waals surface area contributed by atoms with E-state index in [-0.39, 0.29) is 35.0 Å². The molecule has 0 amide bonds. The van der Waals surface area contributed by atoms with Gasteiger partial charge in [-0.25, -0.2) is 14.2 Å². The molecule has 0 spiro atoms. The molecule has 1 aromatic carbocycles. The highest BCUT2D eigenvalue weighted by atomic mass is 32.1. The fourth-order valence-electron chi connectivity index (χ4n) is 2.03. The van der Waals surface area contributed by atoms with Crippen molar-refractivity contribution in [3.05, 3.63) is 40.7 Å². The van der Waals surface area contributed by atoms with Gasteiger partial charge in [0.25, 0.3) is 0 Å². The fourth-order valence-corrected chi connectivity index (χ4v) is 2.91. The number of amidine groups is 1. The average molecular weight is 380 g/mol. The van der Waals surface area contributed by atoms with Crippen molar-refractivity contribution in [3.63, 3.8) is 0 Å². The molecule has 2 rings (SSSR count). The topological polar surface area (TPSA) is 130 Å². The lowest BCUT2D eigenvalue weighted by atomic mass is 10.2. The molecule has 0 aliphatic rings. The van der Waals surface area contributed by atoms with Crippen molar-refractivity contribution in [2.45, 2.75) is 13.3 Å². The van der Waals surface area contributed by atoms with E-state index in [0.717, 1.165) is 17.4 Å². The van der Waals surface area contributed by atoms with Crippen LogP contribution in [0.2, 0.25) is 0 Å². The van der Waals surface area contributed by atoms with Crippen molar-refractivity contribution in [2.24, 2.45) is 5.73 Å². The minimum atomic E-state index is -0.927. The van der Waals surface area contributed by atoms with Crippen LogP contribution >= 0.6 is 11.3 Å². The Bertz CT molecular complexity index is 839. The predicted octanol–water partition coefficient (Wildman–Crippen LogP) is 2.09. The summed E-state index contributed by atoms with van der Waals surface area (Å²) in [4.78, 5) is 28.8.